The summed E-state index contributed by atoms with van der Waals surface area (Å²) >= 11 is 0. The third-order valence-corrected chi connectivity index (χ3v) is 6.31. The van der Waals surface area contributed by atoms with Gasteiger partial charge in [-0.15, -0.1) is 12.4 Å². The van der Waals surface area contributed by atoms with Crippen molar-refractivity contribution in [3.63, 3.8) is 0 Å². The van der Waals surface area contributed by atoms with E-state index in [1.165, 1.54) is 31.5 Å². The van der Waals surface area contributed by atoms with Crippen LogP contribution in [-0.4, -0.2) is 56.9 Å². The number of rotatable bonds is 5. The van der Waals surface area contributed by atoms with Gasteiger partial charge in [-0.1, -0.05) is 61.5 Å². The first kappa shape index (κ1) is 31.1. The summed E-state index contributed by atoms with van der Waals surface area (Å²) in [5.41, 5.74) is 1.90. The molecule has 0 saturated carbocycles. The van der Waals surface area contributed by atoms with E-state index in [9.17, 15) is 19.8 Å². The van der Waals surface area contributed by atoms with Crippen molar-refractivity contribution < 1.29 is 30.0 Å². The smallest absolute Gasteiger partial charge is 0.335 e. The van der Waals surface area contributed by atoms with Crippen LogP contribution in [0.3, 0.4) is 0 Å². The number of aromatic hydroxyl groups is 2. The van der Waals surface area contributed by atoms with Crippen LogP contribution in [0.2, 0.25) is 0 Å². The standard InChI is InChI=1S/C17H21NO2.2C7H6O2.ClH/c1-12(11-18-7-2-3-8-18)14-6-4-5-13-9-16(19)17(20)10-15(13)14;2*8-7(9)6-4-2-1-3-5-6;/h4-6,9-10,12,19-20H,2-3,7-8,11H2,1H3;2*1-5H,(H,8,9);1H. The molecule has 4 aromatic carbocycles. The molecule has 1 aliphatic rings. The van der Waals surface area contributed by atoms with Crippen LogP contribution in [-0.2, 0) is 0 Å². The Hall–Kier alpha value is -4.07. The highest BCUT2D eigenvalue weighted by Gasteiger charge is 2.17. The van der Waals surface area contributed by atoms with Crippen LogP contribution in [0.25, 0.3) is 10.8 Å². The molecule has 0 aliphatic carbocycles. The molecule has 4 N–H and O–H groups in total. The van der Waals surface area contributed by atoms with E-state index >= 15 is 0 Å². The van der Waals surface area contributed by atoms with E-state index in [1.54, 1.807) is 72.8 Å². The SMILES string of the molecule is CC(CN1CCCC1)c1cccc2cc(O)c(O)cc12.Cl.O=C(O)c1ccccc1.O=C(O)c1ccccc1. The Bertz CT molecular complexity index is 1290. The van der Waals surface area contributed by atoms with Crippen LogP contribution in [0.1, 0.15) is 52.0 Å². The molecule has 206 valence electrons. The van der Waals surface area contributed by atoms with Crippen molar-refractivity contribution in [2.24, 2.45) is 0 Å². The number of likely N-dealkylation sites (tertiary alicyclic amines) is 1. The Balaban J connectivity index is 0.000000234. The highest BCUT2D eigenvalue weighted by Crippen LogP contribution is 2.34. The fourth-order valence-electron chi connectivity index (χ4n) is 4.37. The lowest BCUT2D eigenvalue weighted by molar-refractivity contribution is 0.0686. The van der Waals surface area contributed by atoms with Crippen molar-refractivity contribution >= 4 is 35.1 Å². The highest BCUT2D eigenvalue weighted by molar-refractivity contribution is 5.89. The number of hydrogen-bond donors (Lipinski definition) is 4. The average molecular weight is 552 g/mol. The van der Waals surface area contributed by atoms with Crippen molar-refractivity contribution in [1.29, 1.82) is 0 Å². The number of halogens is 1. The van der Waals surface area contributed by atoms with E-state index < -0.39 is 11.9 Å². The molecule has 0 aromatic heterocycles. The molecular weight excluding hydrogens is 518 g/mol. The van der Waals surface area contributed by atoms with Gasteiger partial charge in [0.05, 0.1) is 11.1 Å². The number of benzene rings is 4. The molecule has 39 heavy (non-hydrogen) atoms. The minimum absolute atomic E-state index is 0. The second kappa shape index (κ2) is 15.4. The summed E-state index contributed by atoms with van der Waals surface area (Å²) in [6, 6.07) is 26.0. The lowest BCUT2D eigenvalue weighted by Crippen LogP contribution is -2.24. The van der Waals surface area contributed by atoms with Gasteiger partial charge in [0.2, 0.25) is 0 Å². The largest absolute Gasteiger partial charge is 0.504 e. The fourth-order valence-corrected chi connectivity index (χ4v) is 4.37. The molecule has 0 bridgehead atoms. The molecule has 1 unspecified atom stereocenters. The van der Waals surface area contributed by atoms with Gasteiger partial charge in [-0.3, -0.25) is 0 Å². The summed E-state index contributed by atoms with van der Waals surface area (Å²) in [5, 5.41) is 38.1. The van der Waals surface area contributed by atoms with Crippen molar-refractivity contribution in [2.45, 2.75) is 25.7 Å². The number of aromatic carboxylic acids is 2. The Kier molecular flexibility index (Phi) is 12.3. The lowest BCUT2D eigenvalue weighted by atomic mass is 9.94. The van der Waals surface area contributed by atoms with E-state index in [0.717, 1.165) is 17.3 Å². The van der Waals surface area contributed by atoms with Crippen LogP contribution >= 0.6 is 12.4 Å². The van der Waals surface area contributed by atoms with Gasteiger partial charge in [-0.25, -0.2) is 9.59 Å². The van der Waals surface area contributed by atoms with Gasteiger partial charge in [-0.05, 0) is 84.6 Å². The van der Waals surface area contributed by atoms with Crippen LogP contribution in [0.15, 0.2) is 91.0 Å². The van der Waals surface area contributed by atoms with Gasteiger partial charge in [0.1, 0.15) is 0 Å². The number of hydrogen-bond acceptors (Lipinski definition) is 5. The fraction of sp³-hybridized carbons (Fsp3) is 0.226. The van der Waals surface area contributed by atoms with Crippen LogP contribution in [0.4, 0.5) is 0 Å². The molecular formula is C31H34ClNO6. The van der Waals surface area contributed by atoms with E-state index in [2.05, 4.69) is 17.9 Å². The summed E-state index contributed by atoms with van der Waals surface area (Å²) in [6.45, 7) is 5.68. The maximum atomic E-state index is 10.2. The molecule has 1 saturated heterocycles. The molecule has 1 fully saturated rings. The van der Waals surface area contributed by atoms with Crippen molar-refractivity contribution in [2.75, 3.05) is 19.6 Å². The summed E-state index contributed by atoms with van der Waals surface area (Å²) in [4.78, 5) is 22.9. The third-order valence-electron chi connectivity index (χ3n) is 6.31. The monoisotopic (exact) mass is 551 g/mol. The number of fused-ring (bicyclic) bond motifs is 1. The molecule has 0 spiro atoms. The number of nitrogens with zero attached hydrogens (tertiary/aromatic N) is 1. The maximum Gasteiger partial charge on any atom is 0.335 e. The first-order valence-corrected chi connectivity index (χ1v) is 12.5. The van der Waals surface area contributed by atoms with E-state index in [-0.39, 0.29) is 23.9 Å². The minimum Gasteiger partial charge on any atom is -0.504 e. The van der Waals surface area contributed by atoms with Gasteiger partial charge in [0, 0.05) is 6.54 Å². The minimum atomic E-state index is -0.879. The normalized spacial score (nSPS) is 13.2. The summed E-state index contributed by atoms with van der Waals surface area (Å²) < 4.78 is 0. The topological polar surface area (TPSA) is 118 Å². The van der Waals surface area contributed by atoms with Gasteiger partial charge in [0.15, 0.2) is 11.5 Å². The van der Waals surface area contributed by atoms with Crippen LogP contribution in [0, 0.1) is 0 Å². The zero-order valence-corrected chi connectivity index (χ0v) is 22.6. The zero-order chi connectivity index (χ0) is 27.5. The number of phenolic OH excluding ortho intramolecular Hbond substituents is 2. The molecule has 0 amide bonds. The predicted molar refractivity (Wildman–Crippen MR) is 155 cm³/mol. The molecule has 4 aromatic rings. The van der Waals surface area contributed by atoms with Gasteiger partial charge < -0.3 is 25.3 Å². The van der Waals surface area contributed by atoms with E-state index in [4.69, 9.17) is 10.2 Å². The Morgan fingerprint density at radius 2 is 1.23 bits per heavy atom. The average Bonchev–Trinajstić information content (AvgIpc) is 3.44. The lowest BCUT2D eigenvalue weighted by Gasteiger charge is -2.21. The van der Waals surface area contributed by atoms with Gasteiger partial charge in [-0.2, -0.15) is 0 Å². The highest BCUT2D eigenvalue weighted by atomic mass is 35.5. The summed E-state index contributed by atoms with van der Waals surface area (Å²) in [6.07, 6.45) is 2.60. The first-order valence-electron chi connectivity index (χ1n) is 12.5. The number of phenols is 2. The molecule has 8 heteroatoms. The Morgan fingerprint density at radius 3 is 1.69 bits per heavy atom. The number of carbonyl (C=O) groups is 2. The summed E-state index contributed by atoms with van der Waals surface area (Å²) in [5.74, 6) is -1.44. The maximum absolute atomic E-state index is 10.2. The molecule has 1 heterocycles. The quantitative estimate of drug-likeness (QED) is 0.205. The van der Waals surface area contributed by atoms with Gasteiger partial charge >= 0.3 is 11.9 Å². The van der Waals surface area contributed by atoms with Crippen molar-refractivity contribution in [1.82, 2.24) is 4.90 Å². The third kappa shape index (κ3) is 9.32. The second-order valence-electron chi connectivity index (χ2n) is 9.16. The Labute approximate surface area is 234 Å². The van der Waals surface area contributed by atoms with Crippen molar-refractivity contribution in [3.8, 4) is 11.5 Å². The first-order chi connectivity index (χ1) is 18.3. The van der Waals surface area contributed by atoms with Crippen LogP contribution in [0.5, 0.6) is 11.5 Å². The zero-order valence-electron chi connectivity index (χ0n) is 21.7. The molecule has 5 rings (SSSR count). The summed E-state index contributed by atoms with van der Waals surface area (Å²) in [7, 11) is 0. The number of carboxylic acid groups (broad SMARTS) is 2. The molecule has 1 aliphatic heterocycles. The second-order valence-corrected chi connectivity index (χ2v) is 9.16. The molecule has 1 atom stereocenters. The Morgan fingerprint density at radius 1 is 0.744 bits per heavy atom. The molecule has 7 nitrogen and oxygen atoms in total. The number of carboxylic acids is 2. The molecule has 0 radical (unpaired) electrons. The van der Waals surface area contributed by atoms with Crippen molar-refractivity contribution in [3.05, 3.63) is 108 Å². The van der Waals surface area contributed by atoms with E-state index in [0.29, 0.717) is 17.0 Å². The van der Waals surface area contributed by atoms with Crippen LogP contribution < -0.4 is 0 Å². The van der Waals surface area contributed by atoms with Gasteiger partial charge in [0.25, 0.3) is 0 Å². The predicted octanol–water partition coefficient (Wildman–Crippen LogP) is 6.64. The van der Waals surface area contributed by atoms with E-state index in [1.807, 2.05) is 12.1 Å².